The van der Waals surface area contributed by atoms with Gasteiger partial charge in [-0.05, 0) is 37.6 Å². The fourth-order valence-electron chi connectivity index (χ4n) is 2.02. The van der Waals surface area contributed by atoms with E-state index in [4.69, 9.17) is 0 Å². The van der Waals surface area contributed by atoms with E-state index in [-0.39, 0.29) is 5.56 Å². The molecule has 0 radical (unpaired) electrons. The molecule has 5 heteroatoms. The molecule has 0 aliphatic rings. The fourth-order valence-corrected chi connectivity index (χ4v) is 2.02. The van der Waals surface area contributed by atoms with Crippen LogP contribution < -0.4 is 10.6 Å². The average molecular weight is 290 g/mol. The van der Waals surface area contributed by atoms with Crippen molar-refractivity contribution in [3.63, 3.8) is 0 Å². The Bertz CT molecular complexity index is 699. The average Bonchev–Trinajstić information content (AvgIpc) is 2.47. The number of halogens is 2. The second-order valence-electron chi connectivity index (χ2n) is 4.81. The summed E-state index contributed by atoms with van der Waals surface area (Å²) in [5.74, 6) is -2.13. The first kappa shape index (κ1) is 15.0. The second-order valence-corrected chi connectivity index (χ2v) is 4.81. The van der Waals surface area contributed by atoms with Crippen LogP contribution in [0.1, 0.15) is 21.5 Å². The van der Waals surface area contributed by atoms with Crippen molar-refractivity contribution in [1.29, 1.82) is 0 Å². The van der Waals surface area contributed by atoms with Crippen LogP contribution in [0.15, 0.2) is 30.3 Å². The Hall–Kier alpha value is -2.43. The van der Waals surface area contributed by atoms with Crippen LogP contribution in [0.5, 0.6) is 0 Å². The minimum atomic E-state index is -0.801. The number of hydrogen-bond acceptors (Lipinski definition) is 2. The largest absolute Gasteiger partial charge is 0.387 e. The molecule has 0 bridgehead atoms. The van der Waals surface area contributed by atoms with Gasteiger partial charge in [0.2, 0.25) is 0 Å². The van der Waals surface area contributed by atoms with E-state index in [2.05, 4.69) is 10.6 Å². The Morgan fingerprint density at radius 1 is 1.10 bits per heavy atom. The molecular weight excluding hydrogens is 274 g/mol. The quantitative estimate of drug-likeness (QED) is 0.900. The normalized spacial score (nSPS) is 10.3. The van der Waals surface area contributed by atoms with Gasteiger partial charge >= 0.3 is 0 Å². The highest BCUT2D eigenvalue weighted by Gasteiger charge is 2.17. The summed E-state index contributed by atoms with van der Waals surface area (Å²) < 4.78 is 27.6. The molecule has 0 aliphatic carbocycles. The summed E-state index contributed by atoms with van der Waals surface area (Å²) in [6, 6.07) is 7.70. The van der Waals surface area contributed by atoms with Gasteiger partial charge in [-0.15, -0.1) is 0 Å². The van der Waals surface area contributed by atoms with Gasteiger partial charge in [-0.25, -0.2) is 8.78 Å². The zero-order valence-corrected chi connectivity index (χ0v) is 12.1. The SMILES string of the molecule is CNc1ccc(C)cc1C(=O)Nc1c(F)ccc(C)c1F. The Morgan fingerprint density at radius 2 is 1.81 bits per heavy atom. The van der Waals surface area contributed by atoms with E-state index < -0.39 is 23.2 Å². The smallest absolute Gasteiger partial charge is 0.257 e. The topological polar surface area (TPSA) is 41.1 Å². The minimum Gasteiger partial charge on any atom is -0.387 e. The van der Waals surface area contributed by atoms with Crippen LogP contribution in [0, 0.1) is 25.5 Å². The van der Waals surface area contributed by atoms with Crippen LogP contribution in [0.25, 0.3) is 0 Å². The maximum absolute atomic E-state index is 13.9. The van der Waals surface area contributed by atoms with Crippen molar-refractivity contribution in [2.45, 2.75) is 13.8 Å². The van der Waals surface area contributed by atoms with E-state index in [1.165, 1.54) is 13.0 Å². The van der Waals surface area contributed by atoms with E-state index in [0.717, 1.165) is 11.6 Å². The lowest BCUT2D eigenvalue weighted by molar-refractivity contribution is 0.102. The third kappa shape index (κ3) is 3.02. The summed E-state index contributed by atoms with van der Waals surface area (Å²) >= 11 is 0. The Morgan fingerprint density at radius 3 is 2.48 bits per heavy atom. The highest BCUT2D eigenvalue weighted by molar-refractivity contribution is 6.08. The molecule has 0 heterocycles. The molecule has 21 heavy (non-hydrogen) atoms. The summed E-state index contributed by atoms with van der Waals surface area (Å²) in [7, 11) is 1.68. The predicted molar refractivity (Wildman–Crippen MR) is 79.8 cm³/mol. The maximum Gasteiger partial charge on any atom is 0.257 e. The van der Waals surface area contributed by atoms with Gasteiger partial charge in [-0.1, -0.05) is 17.7 Å². The van der Waals surface area contributed by atoms with Crippen LogP contribution >= 0.6 is 0 Å². The number of anilines is 2. The highest BCUT2D eigenvalue weighted by Crippen LogP contribution is 2.24. The van der Waals surface area contributed by atoms with Crippen molar-refractivity contribution in [3.05, 3.63) is 58.7 Å². The summed E-state index contributed by atoms with van der Waals surface area (Å²) in [4.78, 5) is 12.3. The van der Waals surface area contributed by atoms with Gasteiger partial charge in [0.15, 0.2) is 5.82 Å². The number of aryl methyl sites for hydroxylation is 2. The fraction of sp³-hybridized carbons (Fsp3) is 0.188. The summed E-state index contributed by atoms with van der Waals surface area (Å²) in [6.07, 6.45) is 0. The first-order valence-corrected chi connectivity index (χ1v) is 6.48. The van der Waals surface area contributed by atoms with Crippen molar-refractivity contribution in [1.82, 2.24) is 0 Å². The summed E-state index contributed by atoms with van der Waals surface area (Å²) in [5, 5.41) is 5.19. The lowest BCUT2D eigenvalue weighted by Gasteiger charge is -2.12. The molecule has 0 atom stereocenters. The van der Waals surface area contributed by atoms with Crippen LogP contribution in [-0.4, -0.2) is 13.0 Å². The van der Waals surface area contributed by atoms with Gasteiger partial charge in [-0.2, -0.15) is 0 Å². The molecule has 0 unspecified atom stereocenters. The molecule has 0 fully saturated rings. The van der Waals surface area contributed by atoms with Crippen molar-refractivity contribution in [2.75, 3.05) is 17.7 Å². The third-order valence-corrected chi connectivity index (χ3v) is 3.21. The second kappa shape index (κ2) is 5.91. The number of amides is 1. The Balaban J connectivity index is 2.39. The molecule has 0 saturated heterocycles. The van der Waals surface area contributed by atoms with Gasteiger partial charge in [-0.3, -0.25) is 4.79 Å². The van der Waals surface area contributed by atoms with Crippen molar-refractivity contribution in [3.8, 4) is 0 Å². The molecule has 1 amide bonds. The van der Waals surface area contributed by atoms with E-state index in [0.29, 0.717) is 11.3 Å². The molecular formula is C16H16F2N2O. The molecule has 2 aromatic carbocycles. The lowest BCUT2D eigenvalue weighted by atomic mass is 10.1. The zero-order valence-electron chi connectivity index (χ0n) is 12.1. The standard InChI is InChI=1S/C16H16F2N2O/c1-9-4-7-13(19-3)11(8-9)16(21)20-15-12(17)6-5-10(2)14(15)18/h4-8,19H,1-3H3,(H,20,21). The van der Waals surface area contributed by atoms with Crippen LogP contribution in [0.2, 0.25) is 0 Å². The van der Waals surface area contributed by atoms with Gasteiger partial charge in [0, 0.05) is 12.7 Å². The molecule has 0 saturated carbocycles. The maximum atomic E-state index is 13.9. The molecule has 0 aromatic heterocycles. The van der Waals surface area contributed by atoms with Gasteiger partial charge < -0.3 is 10.6 Å². The predicted octanol–water partition coefficient (Wildman–Crippen LogP) is 3.88. The number of carbonyl (C=O) groups excluding carboxylic acids is 1. The first-order valence-electron chi connectivity index (χ1n) is 6.48. The Kier molecular flexibility index (Phi) is 4.21. The van der Waals surface area contributed by atoms with Crippen molar-refractivity contribution in [2.24, 2.45) is 0 Å². The number of carbonyl (C=O) groups is 1. The number of nitrogens with one attached hydrogen (secondary N) is 2. The summed E-state index contributed by atoms with van der Waals surface area (Å²) in [5.41, 5.74) is 1.64. The van der Waals surface area contributed by atoms with Gasteiger partial charge in [0.1, 0.15) is 11.5 Å². The minimum absolute atomic E-state index is 0.268. The van der Waals surface area contributed by atoms with E-state index in [1.807, 2.05) is 13.0 Å². The molecule has 2 N–H and O–H groups in total. The third-order valence-electron chi connectivity index (χ3n) is 3.21. The number of rotatable bonds is 3. The zero-order chi connectivity index (χ0) is 15.6. The van der Waals surface area contributed by atoms with Crippen molar-refractivity contribution < 1.29 is 13.6 Å². The summed E-state index contributed by atoms with van der Waals surface area (Å²) in [6.45, 7) is 3.35. The van der Waals surface area contributed by atoms with E-state index in [9.17, 15) is 13.6 Å². The molecule has 0 spiro atoms. The molecule has 2 aromatic rings. The molecule has 110 valence electrons. The Labute approximate surface area is 122 Å². The van der Waals surface area contributed by atoms with Crippen LogP contribution in [0.4, 0.5) is 20.2 Å². The van der Waals surface area contributed by atoms with Gasteiger partial charge in [0.05, 0.1) is 5.56 Å². The number of hydrogen-bond donors (Lipinski definition) is 2. The van der Waals surface area contributed by atoms with Crippen LogP contribution in [-0.2, 0) is 0 Å². The molecule has 2 rings (SSSR count). The molecule has 0 aliphatic heterocycles. The number of benzene rings is 2. The lowest BCUT2D eigenvalue weighted by Crippen LogP contribution is -2.16. The highest BCUT2D eigenvalue weighted by atomic mass is 19.1. The first-order chi connectivity index (χ1) is 9.93. The molecule has 3 nitrogen and oxygen atoms in total. The monoisotopic (exact) mass is 290 g/mol. The van der Waals surface area contributed by atoms with E-state index >= 15 is 0 Å². The van der Waals surface area contributed by atoms with Crippen molar-refractivity contribution >= 4 is 17.3 Å². The van der Waals surface area contributed by atoms with Crippen LogP contribution in [0.3, 0.4) is 0 Å². The van der Waals surface area contributed by atoms with E-state index in [1.54, 1.807) is 19.2 Å². The van der Waals surface area contributed by atoms with Gasteiger partial charge in [0.25, 0.3) is 5.91 Å².